The predicted molar refractivity (Wildman–Crippen MR) is 109 cm³/mol. The Labute approximate surface area is 173 Å². The topological polar surface area (TPSA) is 79.4 Å². The number of halogens is 2. The van der Waals surface area contributed by atoms with Crippen LogP contribution in [0.3, 0.4) is 0 Å². The quantitative estimate of drug-likeness (QED) is 0.638. The van der Waals surface area contributed by atoms with Crippen LogP contribution in [0.4, 0.5) is 10.1 Å². The SMILES string of the molecule is CN(Cc1ccncc1)C(=O)c1ccc(Cl)c(S(=O)(=O)Nc2ccc(F)cc2)c1. The smallest absolute Gasteiger partial charge is 0.263 e. The highest BCUT2D eigenvalue weighted by atomic mass is 35.5. The second-order valence-electron chi connectivity index (χ2n) is 6.27. The molecule has 0 aliphatic rings. The molecule has 0 fully saturated rings. The number of amides is 1. The van der Waals surface area contributed by atoms with Crippen molar-refractivity contribution >= 4 is 33.2 Å². The number of anilines is 1. The summed E-state index contributed by atoms with van der Waals surface area (Å²) in [6, 6.07) is 12.5. The molecule has 29 heavy (non-hydrogen) atoms. The van der Waals surface area contributed by atoms with Gasteiger partial charge in [-0.15, -0.1) is 0 Å². The fourth-order valence-electron chi connectivity index (χ4n) is 2.62. The zero-order valence-corrected chi connectivity index (χ0v) is 16.9. The minimum absolute atomic E-state index is 0.0343. The Balaban J connectivity index is 1.85. The van der Waals surface area contributed by atoms with E-state index in [1.165, 1.54) is 35.2 Å². The number of rotatable bonds is 6. The van der Waals surface area contributed by atoms with Gasteiger partial charge in [0, 0.05) is 37.2 Å². The van der Waals surface area contributed by atoms with Crippen LogP contribution in [-0.4, -0.2) is 31.3 Å². The summed E-state index contributed by atoms with van der Waals surface area (Å²) in [5, 5.41) is -0.0343. The van der Waals surface area contributed by atoms with Crippen LogP contribution in [0.2, 0.25) is 5.02 Å². The Kier molecular flexibility index (Phi) is 6.14. The zero-order valence-electron chi connectivity index (χ0n) is 15.3. The molecule has 1 heterocycles. The molecule has 0 aliphatic heterocycles. The van der Waals surface area contributed by atoms with E-state index in [9.17, 15) is 17.6 Å². The number of sulfonamides is 1. The van der Waals surface area contributed by atoms with Crippen molar-refractivity contribution in [2.45, 2.75) is 11.4 Å². The summed E-state index contributed by atoms with van der Waals surface area (Å²) in [5.41, 5.74) is 1.23. The highest BCUT2D eigenvalue weighted by molar-refractivity contribution is 7.92. The van der Waals surface area contributed by atoms with E-state index in [0.29, 0.717) is 6.54 Å². The van der Waals surface area contributed by atoms with Gasteiger partial charge in [-0.25, -0.2) is 12.8 Å². The number of nitrogens with one attached hydrogen (secondary N) is 1. The van der Waals surface area contributed by atoms with E-state index < -0.39 is 15.8 Å². The van der Waals surface area contributed by atoms with E-state index in [2.05, 4.69) is 9.71 Å². The number of hydrogen-bond donors (Lipinski definition) is 1. The number of carbonyl (C=O) groups is 1. The van der Waals surface area contributed by atoms with Crippen LogP contribution in [0.25, 0.3) is 0 Å². The maximum absolute atomic E-state index is 13.0. The van der Waals surface area contributed by atoms with Gasteiger partial charge in [0.25, 0.3) is 15.9 Å². The predicted octanol–water partition coefficient (Wildman–Crippen LogP) is 3.95. The zero-order chi connectivity index (χ0) is 21.0. The van der Waals surface area contributed by atoms with Gasteiger partial charge < -0.3 is 4.90 Å². The van der Waals surface area contributed by atoms with E-state index in [4.69, 9.17) is 11.6 Å². The molecule has 0 aliphatic carbocycles. The fourth-order valence-corrected chi connectivity index (χ4v) is 4.21. The first kappa shape index (κ1) is 20.8. The Morgan fingerprint density at radius 1 is 1.10 bits per heavy atom. The lowest BCUT2D eigenvalue weighted by molar-refractivity contribution is 0.0785. The Bertz CT molecular complexity index is 1120. The number of benzene rings is 2. The molecule has 150 valence electrons. The van der Waals surface area contributed by atoms with Gasteiger partial charge in [0.1, 0.15) is 10.7 Å². The van der Waals surface area contributed by atoms with Gasteiger partial charge in [-0.2, -0.15) is 0 Å². The van der Waals surface area contributed by atoms with Crippen molar-refractivity contribution in [1.82, 2.24) is 9.88 Å². The summed E-state index contributed by atoms with van der Waals surface area (Å²) in [5.74, 6) is -0.854. The Morgan fingerprint density at radius 3 is 2.41 bits per heavy atom. The molecule has 1 N–H and O–H groups in total. The highest BCUT2D eigenvalue weighted by Gasteiger charge is 2.22. The van der Waals surface area contributed by atoms with Gasteiger partial charge >= 0.3 is 0 Å². The van der Waals surface area contributed by atoms with Crippen molar-refractivity contribution in [1.29, 1.82) is 0 Å². The molecule has 3 aromatic rings. The molecule has 0 spiro atoms. The number of pyridine rings is 1. The first-order valence-corrected chi connectivity index (χ1v) is 10.3. The molecule has 1 amide bonds. The standard InChI is InChI=1S/C20H17ClFN3O3S/c1-25(13-14-8-10-23-11-9-14)20(26)15-2-7-18(21)19(12-15)29(27,28)24-17-5-3-16(22)4-6-17/h2-12,24H,13H2,1H3. The van der Waals surface area contributed by atoms with Gasteiger partial charge in [-0.05, 0) is 60.2 Å². The molecule has 0 unspecified atom stereocenters. The molecule has 0 bridgehead atoms. The summed E-state index contributed by atoms with van der Waals surface area (Å²) in [6.45, 7) is 0.333. The second kappa shape index (κ2) is 8.59. The van der Waals surface area contributed by atoms with Gasteiger partial charge in [-0.1, -0.05) is 11.6 Å². The number of hydrogen-bond acceptors (Lipinski definition) is 4. The van der Waals surface area contributed by atoms with Crippen molar-refractivity contribution in [3.63, 3.8) is 0 Å². The summed E-state index contributed by atoms with van der Waals surface area (Å²) in [4.78, 5) is 17.9. The van der Waals surface area contributed by atoms with E-state index in [1.807, 2.05) is 0 Å². The molecule has 6 nitrogen and oxygen atoms in total. The van der Waals surface area contributed by atoms with Gasteiger partial charge in [-0.3, -0.25) is 14.5 Å². The maximum atomic E-state index is 13.0. The van der Waals surface area contributed by atoms with Crippen molar-refractivity contribution in [3.8, 4) is 0 Å². The number of carbonyl (C=O) groups excluding carboxylic acids is 1. The number of nitrogens with zero attached hydrogens (tertiary/aromatic N) is 2. The molecule has 0 saturated carbocycles. The molecule has 9 heteroatoms. The Hall–Kier alpha value is -2.97. The van der Waals surface area contributed by atoms with Crippen molar-refractivity contribution in [3.05, 3.63) is 89.0 Å². The average Bonchev–Trinajstić information content (AvgIpc) is 2.70. The second-order valence-corrected chi connectivity index (χ2v) is 8.33. The van der Waals surface area contributed by atoms with Crippen LogP contribution in [-0.2, 0) is 16.6 Å². The fraction of sp³-hybridized carbons (Fsp3) is 0.100. The number of aromatic nitrogens is 1. The average molecular weight is 434 g/mol. The van der Waals surface area contributed by atoms with Crippen molar-refractivity contribution < 1.29 is 17.6 Å². The minimum Gasteiger partial charge on any atom is -0.337 e. The molecule has 2 aromatic carbocycles. The lowest BCUT2D eigenvalue weighted by Crippen LogP contribution is -2.26. The van der Waals surface area contributed by atoms with Crippen LogP contribution in [0.15, 0.2) is 71.9 Å². The minimum atomic E-state index is -4.08. The summed E-state index contributed by atoms with van der Waals surface area (Å²) in [7, 11) is -2.47. The van der Waals surface area contributed by atoms with Crippen LogP contribution in [0, 0.1) is 5.82 Å². The normalized spacial score (nSPS) is 11.1. The monoisotopic (exact) mass is 433 g/mol. The van der Waals surface area contributed by atoms with Crippen LogP contribution < -0.4 is 4.72 Å². The van der Waals surface area contributed by atoms with Gasteiger partial charge in [0.2, 0.25) is 0 Å². The van der Waals surface area contributed by atoms with Crippen LogP contribution in [0.5, 0.6) is 0 Å². The van der Waals surface area contributed by atoms with E-state index in [1.54, 1.807) is 31.6 Å². The molecular weight excluding hydrogens is 417 g/mol. The first-order valence-electron chi connectivity index (χ1n) is 8.48. The summed E-state index contributed by atoms with van der Waals surface area (Å²) >= 11 is 6.08. The van der Waals surface area contributed by atoms with Crippen LogP contribution >= 0.6 is 11.6 Å². The lowest BCUT2D eigenvalue weighted by atomic mass is 10.2. The van der Waals surface area contributed by atoms with Crippen molar-refractivity contribution in [2.75, 3.05) is 11.8 Å². The molecule has 1 aromatic heterocycles. The third-order valence-electron chi connectivity index (χ3n) is 4.08. The van der Waals surface area contributed by atoms with E-state index in [0.717, 1.165) is 17.7 Å². The Morgan fingerprint density at radius 2 is 1.76 bits per heavy atom. The van der Waals surface area contributed by atoms with Gasteiger partial charge in [0.05, 0.1) is 5.02 Å². The third-order valence-corrected chi connectivity index (χ3v) is 5.94. The first-order chi connectivity index (χ1) is 13.8. The highest BCUT2D eigenvalue weighted by Crippen LogP contribution is 2.26. The molecule has 0 saturated heterocycles. The van der Waals surface area contributed by atoms with E-state index >= 15 is 0 Å². The maximum Gasteiger partial charge on any atom is 0.263 e. The molecule has 3 rings (SSSR count). The summed E-state index contributed by atoms with van der Waals surface area (Å²) in [6.07, 6.45) is 3.25. The lowest BCUT2D eigenvalue weighted by Gasteiger charge is -2.18. The summed E-state index contributed by atoms with van der Waals surface area (Å²) < 4.78 is 40.8. The van der Waals surface area contributed by atoms with Crippen LogP contribution in [0.1, 0.15) is 15.9 Å². The molecular formula is C20H17ClFN3O3S. The molecule has 0 radical (unpaired) electrons. The largest absolute Gasteiger partial charge is 0.337 e. The molecule has 0 atom stereocenters. The van der Waals surface area contributed by atoms with Gasteiger partial charge in [0.15, 0.2) is 0 Å². The van der Waals surface area contributed by atoms with Crippen molar-refractivity contribution in [2.24, 2.45) is 0 Å². The van der Waals surface area contributed by atoms with E-state index in [-0.39, 0.29) is 27.1 Å². The third kappa shape index (κ3) is 5.10.